The highest BCUT2D eigenvalue weighted by Crippen LogP contribution is 2.55. The van der Waals surface area contributed by atoms with Crippen LogP contribution in [0.4, 0.5) is 17.6 Å². The number of nitrogens with zero attached hydrogens (tertiary/aromatic N) is 3. The van der Waals surface area contributed by atoms with Gasteiger partial charge in [0.25, 0.3) is 0 Å². The van der Waals surface area contributed by atoms with Gasteiger partial charge in [-0.25, -0.2) is 4.39 Å². The molecule has 0 aliphatic carbocycles. The SMILES string of the molecule is COc1ccc(F)c([C@H]2S[C@H](CC(=O)O)c3nnc(C(F)(F)F)n3-c3ccc(Cl)cc32)c1OC. The Labute approximate surface area is 199 Å². The smallest absolute Gasteiger partial charge is 0.452 e. The van der Waals surface area contributed by atoms with Gasteiger partial charge in [0.05, 0.1) is 42.4 Å². The summed E-state index contributed by atoms with van der Waals surface area (Å²) in [5.74, 6) is -3.34. The number of rotatable bonds is 5. The summed E-state index contributed by atoms with van der Waals surface area (Å²) in [7, 11) is 2.65. The quantitative estimate of drug-likeness (QED) is 0.450. The fourth-order valence-corrected chi connectivity index (χ4v) is 5.57. The summed E-state index contributed by atoms with van der Waals surface area (Å²) in [5, 5.41) is 14.5. The number of aromatic nitrogens is 3. The second-order valence-electron chi connectivity index (χ2n) is 7.22. The first-order valence-electron chi connectivity index (χ1n) is 9.66. The van der Waals surface area contributed by atoms with Crippen molar-refractivity contribution in [3.05, 3.63) is 63.9 Å². The van der Waals surface area contributed by atoms with E-state index in [1.165, 1.54) is 38.5 Å². The van der Waals surface area contributed by atoms with E-state index in [2.05, 4.69) is 10.2 Å². The van der Waals surface area contributed by atoms with Crippen molar-refractivity contribution >= 4 is 29.3 Å². The molecule has 1 N–H and O–H groups in total. The number of thioether (sulfide) groups is 1. The van der Waals surface area contributed by atoms with Gasteiger partial charge >= 0.3 is 12.1 Å². The lowest BCUT2D eigenvalue weighted by Gasteiger charge is -2.24. The molecular weight excluding hydrogens is 502 g/mol. The van der Waals surface area contributed by atoms with Gasteiger partial charge in [-0.1, -0.05) is 11.6 Å². The summed E-state index contributed by atoms with van der Waals surface area (Å²) in [5.41, 5.74) is 0.159. The number of carboxylic acids is 1. The predicted molar refractivity (Wildman–Crippen MR) is 115 cm³/mol. The minimum Gasteiger partial charge on any atom is -0.493 e. The standard InChI is InChI=1S/C21H16ClF4N3O4S/c1-32-13-6-4-11(23)16(17(13)33-2)18-10-7-9(22)3-5-12(10)29-19(14(34-18)8-15(30)31)27-28-20(29)21(24,25)26/h3-7,14,18H,8H2,1-2H3,(H,30,31)/t14-,18+/m1/s1. The van der Waals surface area contributed by atoms with Crippen LogP contribution in [0.3, 0.4) is 0 Å². The molecule has 0 saturated heterocycles. The van der Waals surface area contributed by atoms with Gasteiger partial charge < -0.3 is 14.6 Å². The van der Waals surface area contributed by atoms with Crippen LogP contribution in [0.25, 0.3) is 5.69 Å². The summed E-state index contributed by atoms with van der Waals surface area (Å²) in [4.78, 5) is 11.6. The molecule has 7 nitrogen and oxygen atoms in total. The lowest BCUT2D eigenvalue weighted by molar-refractivity contribution is -0.146. The molecule has 13 heteroatoms. The van der Waals surface area contributed by atoms with E-state index in [1.807, 2.05) is 0 Å². The van der Waals surface area contributed by atoms with Crippen LogP contribution in [0, 0.1) is 5.82 Å². The average molecular weight is 518 g/mol. The van der Waals surface area contributed by atoms with Gasteiger partial charge in [-0.15, -0.1) is 22.0 Å². The Kier molecular flexibility index (Phi) is 6.38. The first-order valence-corrected chi connectivity index (χ1v) is 11.0. The third-order valence-electron chi connectivity index (χ3n) is 5.20. The Morgan fingerprint density at radius 2 is 1.94 bits per heavy atom. The highest BCUT2D eigenvalue weighted by molar-refractivity contribution is 8.00. The number of benzene rings is 2. The van der Waals surface area contributed by atoms with E-state index in [9.17, 15) is 23.1 Å². The van der Waals surface area contributed by atoms with E-state index >= 15 is 4.39 Å². The summed E-state index contributed by atoms with van der Waals surface area (Å²) in [6, 6.07) is 6.60. The van der Waals surface area contributed by atoms with Crippen molar-refractivity contribution < 1.29 is 36.9 Å². The number of ether oxygens (including phenoxy) is 2. The predicted octanol–water partition coefficient (Wildman–Crippen LogP) is 5.45. The van der Waals surface area contributed by atoms with Gasteiger partial charge in [-0.05, 0) is 35.9 Å². The van der Waals surface area contributed by atoms with E-state index in [-0.39, 0.29) is 39.2 Å². The number of carboxylic acid groups (broad SMARTS) is 1. The molecule has 0 unspecified atom stereocenters. The Balaban J connectivity index is 2.07. The molecule has 2 atom stereocenters. The first kappa shape index (κ1) is 24.1. The Hall–Kier alpha value is -2.99. The maximum absolute atomic E-state index is 15.3. The average Bonchev–Trinajstić information content (AvgIpc) is 3.17. The zero-order valence-corrected chi connectivity index (χ0v) is 19.1. The van der Waals surface area contributed by atoms with Crippen LogP contribution in [0.2, 0.25) is 5.02 Å². The van der Waals surface area contributed by atoms with Gasteiger partial charge in [0, 0.05) is 5.02 Å². The van der Waals surface area contributed by atoms with Crippen molar-refractivity contribution in [2.24, 2.45) is 0 Å². The first-order chi connectivity index (χ1) is 16.1. The van der Waals surface area contributed by atoms with Crippen LogP contribution >= 0.6 is 23.4 Å². The van der Waals surface area contributed by atoms with Crippen LogP contribution in [-0.2, 0) is 11.0 Å². The normalized spacial score (nSPS) is 17.5. The van der Waals surface area contributed by atoms with E-state index in [1.54, 1.807) is 0 Å². The molecule has 34 heavy (non-hydrogen) atoms. The highest BCUT2D eigenvalue weighted by atomic mass is 35.5. The van der Waals surface area contributed by atoms with Crippen molar-refractivity contribution in [2.75, 3.05) is 14.2 Å². The second kappa shape index (κ2) is 8.99. The molecule has 2 heterocycles. The van der Waals surface area contributed by atoms with Crippen LogP contribution < -0.4 is 9.47 Å². The van der Waals surface area contributed by atoms with Crippen molar-refractivity contribution in [1.82, 2.24) is 14.8 Å². The summed E-state index contributed by atoms with van der Waals surface area (Å²) in [6.45, 7) is 0. The molecule has 180 valence electrons. The van der Waals surface area contributed by atoms with E-state index < -0.39 is 40.7 Å². The van der Waals surface area contributed by atoms with Crippen molar-refractivity contribution in [2.45, 2.75) is 23.1 Å². The van der Waals surface area contributed by atoms with Gasteiger partial charge in [0.15, 0.2) is 17.3 Å². The molecule has 0 amide bonds. The summed E-state index contributed by atoms with van der Waals surface area (Å²) < 4.78 is 68.2. The molecule has 3 aromatic rings. The third kappa shape index (κ3) is 4.16. The van der Waals surface area contributed by atoms with Crippen molar-refractivity contribution in [3.63, 3.8) is 0 Å². The molecule has 4 rings (SSSR count). The number of fused-ring (bicyclic) bond motifs is 3. The fourth-order valence-electron chi connectivity index (χ4n) is 3.86. The van der Waals surface area contributed by atoms with Crippen LogP contribution in [0.15, 0.2) is 30.3 Å². The maximum atomic E-state index is 15.3. The van der Waals surface area contributed by atoms with Crippen LogP contribution in [0.5, 0.6) is 11.5 Å². The van der Waals surface area contributed by atoms with Crippen LogP contribution in [0.1, 0.15) is 39.7 Å². The molecular formula is C21H16ClF4N3O4S. The minimum atomic E-state index is -4.89. The van der Waals surface area contributed by atoms with Gasteiger partial charge in [0.2, 0.25) is 5.82 Å². The molecule has 0 radical (unpaired) electrons. The summed E-state index contributed by atoms with van der Waals surface area (Å²) in [6.07, 6.45) is -5.48. The van der Waals surface area contributed by atoms with Gasteiger partial charge in [-0.3, -0.25) is 9.36 Å². The van der Waals surface area contributed by atoms with Gasteiger partial charge in [0.1, 0.15) is 5.82 Å². The van der Waals surface area contributed by atoms with E-state index in [4.69, 9.17) is 21.1 Å². The Bertz CT molecular complexity index is 1270. The number of hydrogen-bond donors (Lipinski definition) is 1. The van der Waals surface area contributed by atoms with E-state index in [0.717, 1.165) is 22.4 Å². The maximum Gasteiger partial charge on any atom is 0.452 e. The molecule has 0 bridgehead atoms. The molecule has 2 aromatic carbocycles. The largest absolute Gasteiger partial charge is 0.493 e. The number of hydrogen-bond acceptors (Lipinski definition) is 6. The molecule has 0 fully saturated rings. The molecule has 0 spiro atoms. The second-order valence-corrected chi connectivity index (χ2v) is 8.97. The monoisotopic (exact) mass is 517 g/mol. The summed E-state index contributed by atoms with van der Waals surface area (Å²) >= 11 is 7.10. The molecule has 1 aromatic heterocycles. The van der Waals surface area contributed by atoms with E-state index in [0.29, 0.717) is 0 Å². The zero-order chi connectivity index (χ0) is 24.8. The molecule has 0 saturated carbocycles. The zero-order valence-electron chi connectivity index (χ0n) is 17.6. The Morgan fingerprint density at radius 3 is 2.56 bits per heavy atom. The fraction of sp³-hybridized carbons (Fsp3) is 0.286. The number of halogens is 5. The number of carbonyl (C=O) groups is 1. The van der Waals surface area contributed by atoms with Crippen molar-refractivity contribution in [1.29, 1.82) is 0 Å². The molecule has 1 aliphatic heterocycles. The third-order valence-corrected chi connectivity index (χ3v) is 6.90. The minimum absolute atomic E-state index is 0.00798. The number of alkyl halides is 3. The van der Waals surface area contributed by atoms with Crippen LogP contribution in [-0.4, -0.2) is 40.1 Å². The lowest BCUT2D eigenvalue weighted by Crippen LogP contribution is -2.16. The topological polar surface area (TPSA) is 86.5 Å². The van der Waals surface area contributed by atoms with Gasteiger partial charge in [-0.2, -0.15) is 13.2 Å². The number of methoxy groups -OCH3 is 2. The molecule has 1 aliphatic rings. The number of aliphatic carboxylic acids is 1. The Morgan fingerprint density at radius 1 is 1.21 bits per heavy atom. The van der Waals surface area contributed by atoms with Crippen molar-refractivity contribution in [3.8, 4) is 17.2 Å². The highest BCUT2D eigenvalue weighted by Gasteiger charge is 2.44. The lowest BCUT2D eigenvalue weighted by atomic mass is 10.00.